The van der Waals surface area contributed by atoms with Crippen molar-refractivity contribution in [1.82, 2.24) is 5.32 Å². The molecule has 2 N–H and O–H groups in total. The molecule has 0 aliphatic heterocycles. The topological polar surface area (TPSA) is 58.2 Å². The number of anilines is 1. The number of aryl methyl sites for hydroxylation is 1. The van der Waals surface area contributed by atoms with Gasteiger partial charge in [0.2, 0.25) is 11.8 Å². The first kappa shape index (κ1) is 18.0. The number of amides is 2. The fourth-order valence-corrected chi connectivity index (χ4v) is 6.02. The van der Waals surface area contributed by atoms with Gasteiger partial charge in [-0.15, -0.1) is 0 Å². The maximum absolute atomic E-state index is 13.1. The molecular weight excluding hydrogens is 392 g/mol. The van der Waals surface area contributed by atoms with Crippen molar-refractivity contribution in [3.05, 3.63) is 28.2 Å². The molecule has 0 radical (unpaired) electrons. The Morgan fingerprint density at radius 3 is 2.23 bits per heavy atom. The van der Waals surface area contributed by atoms with Gasteiger partial charge in [0.1, 0.15) is 6.04 Å². The molecule has 4 saturated carbocycles. The quantitative estimate of drug-likeness (QED) is 0.759. The third-order valence-electron chi connectivity index (χ3n) is 6.69. The van der Waals surface area contributed by atoms with Crippen molar-refractivity contribution in [3.63, 3.8) is 0 Å². The highest BCUT2D eigenvalue weighted by molar-refractivity contribution is 9.10. The lowest BCUT2D eigenvalue weighted by Crippen LogP contribution is -2.56. The minimum Gasteiger partial charge on any atom is -0.344 e. The highest BCUT2D eigenvalue weighted by Crippen LogP contribution is 2.60. The molecule has 4 nitrogen and oxygen atoms in total. The number of benzene rings is 1. The van der Waals surface area contributed by atoms with E-state index in [1.165, 1.54) is 19.3 Å². The number of carbonyl (C=O) groups excluding carboxylic acids is 2. The van der Waals surface area contributed by atoms with Crippen LogP contribution in [0.3, 0.4) is 0 Å². The van der Waals surface area contributed by atoms with E-state index < -0.39 is 6.04 Å². The van der Waals surface area contributed by atoms with Gasteiger partial charge in [-0.3, -0.25) is 9.59 Å². The van der Waals surface area contributed by atoms with E-state index in [0.717, 1.165) is 52.7 Å². The van der Waals surface area contributed by atoms with Crippen molar-refractivity contribution < 1.29 is 9.59 Å². The van der Waals surface area contributed by atoms with Crippen molar-refractivity contribution in [2.24, 2.45) is 23.2 Å². The van der Waals surface area contributed by atoms with Gasteiger partial charge in [0.15, 0.2) is 0 Å². The van der Waals surface area contributed by atoms with Gasteiger partial charge in [-0.2, -0.15) is 0 Å². The zero-order valence-corrected chi connectivity index (χ0v) is 17.1. The average Bonchev–Trinajstić information content (AvgIpc) is 2.57. The second kappa shape index (κ2) is 6.66. The first-order valence-corrected chi connectivity index (χ1v) is 10.5. The van der Waals surface area contributed by atoms with Gasteiger partial charge in [-0.1, -0.05) is 15.9 Å². The Balaban J connectivity index is 1.39. The Hall–Kier alpha value is -1.36. The van der Waals surface area contributed by atoms with Crippen LogP contribution < -0.4 is 10.6 Å². The van der Waals surface area contributed by atoms with Gasteiger partial charge in [0, 0.05) is 15.6 Å². The molecule has 5 rings (SSSR count). The molecular formula is C21H27BrN2O2. The maximum atomic E-state index is 13.1. The molecule has 0 spiro atoms. The van der Waals surface area contributed by atoms with Crippen LogP contribution >= 0.6 is 15.9 Å². The fraction of sp³-hybridized carbons (Fsp3) is 0.619. The summed E-state index contributed by atoms with van der Waals surface area (Å²) in [5, 5.41) is 5.94. The standard InChI is InChI=1S/C21H27BrN2O2/c1-12-5-17(3-4-18(12)22)24-19(25)13(2)23-20(26)21-9-14-6-15(10-21)8-16(7-14)11-21/h3-5,13-16H,6-11H2,1-2H3,(H,23,26)(H,24,25). The van der Waals surface area contributed by atoms with Crippen LogP contribution in [0.15, 0.2) is 22.7 Å². The Kier molecular flexibility index (Phi) is 4.62. The number of halogens is 1. The minimum atomic E-state index is -0.528. The van der Waals surface area contributed by atoms with Gasteiger partial charge in [0.25, 0.3) is 0 Å². The van der Waals surface area contributed by atoms with Crippen LogP contribution in [0.1, 0.15) is 51.0 Å². The summed E-state index contributed by atoms with van der Waals surface area (Å²) in [6.45, 7) is 3.76. The summed E-state index contributed by atoms with van der Waals surface area (Å²) < 4.78 is 1.01. The van der Waals surface area contributed by atoms with Crippen molar-refractivity contribution in [3.8, 4) is 0 Å². The first-order valence-electron chi connectivity index (χ1n) is 9.72. The summed E-state index contributed by atoms with van der Waals surface area (Å²) in [6.07, 6.45) is 6.99. The third kappa shape index (κ3) is 3.30. The van der Waals surface area contributed by atoms with Crippen LogP contribution in [-0.4, -0.2) is 17.9 Å². The van der Waals surface area contributed by atoms with E-state index in [1.54, 1.807) is 6.92 Å². The molecule has 1 aromatic rings. The molecule has 1 atom stereocenters. The molecule has 1 aromatic carbocycles. The van der Waals surface area contributed by atoms with E-state index in [1.807, 2.05) is 25.1 Å². The van der Waals surface area contributed by atoms with Gasteiger partial charge < -0.3 is 10.6 Å². The number of nitrogens with one attached hydrogen (secondary N) is 2. The Labute approximate surface area is 163 Å². The predicted octanol–water partition coefficient (Wildman–Crippen LogP) is 4.42. The monoisotopic (exact) mass is 418 g/mol. The van der Waals surface area contributed by atoms with Crippen LogP contribution in [0, 0.1) is 30.1 Å². The molecule has 140 valence electrons. The summed E-state index contributed by atoms with van der Waals surface area (Å²) in [6, 6.07) is 5.18. The Morgan fingerprint density at radius 1 is 1.12 bits per heavy atom. The molecule has 5 heteroatoms. The van der Waals surface area contributed by atoms with E-state index >= 15 is 0 Å². The lowest BCUT2D eigenvalue weighted by Gasteiger charge is -2.55. The average molecular weight is 419 g/mol. The summed E-state index contributed by atoms with van der Waals surface area (Å²) >= 11 is 3.46. The van der Waals surface area contributed by atoms with Crippen LogP contribution in [0.5, 0.6) is 0 Å². The molecule has 4 aliphatic rings. The van der Waals surface area contributed by atoms with Gasteiger partial charge in [0.05, 0.1) is 0 Å². The normalized spacial score (nSPS) is 33.0. The highest BCUT2D eigenvalue weighted by Gasteiger charge is 2.54. The highest BCUT2D eigenvalue weighted by atomic mass is 79.9. The predicted molar refractivity (Wildman–Crippen MR) is 106 cm³/mol. The summed E-state index contributed by atoms with van der Waals surface area (Å²) in [5.74, 6) is 2.11. The molecule has 4 bridgehead atoms. The Morgan fingerprint density at radius 2 is 1.69 bits per heavy atom. The van der Waals surface area contributed by atoms with Crippen LogP contribution in [0.25, 0.3) is 0 Å². The molecule has 4 fully saturated rings. The molecule has 0 aromatic heterocycles. The Bertz CT molecular complexity index is 710. The molecule has 0 saturated heterocycles. The smallest absolute Gasteiger partial charge is 0.246 e. The van der Waals surface area contributed by atoms with Gasteiger partial charge in [-0.25, -0.2) is 0 Å². The molecule has 0 heterocycles. The second-order valence-electron chi connectivity index (χ2n) is 8.85. The third-order valence-corrected chi connectivity index (χ3v) is 7.58. The molecule has 4 aliphatic carbocycles. The lowest BCUT2D eigenvalue weighted by atomic mass is 9.49. The summed E-state index contributed by atoms with van der Waals surface area (Å²) in [7, 11) is 0. The molecule has 26 heavy (non-hydrogen) atoms. The first-order chi connectivity index (χ1) is 12.3. The number of carbonyl (C=O) groups is 2. The van der Waals surface area contributed by atoms with Crippen molar-refractivity contribution >= 4 is 33.4 Å². The van der Waals surface area contributed by atoms with Crippen LogP contribution in [-0.2, 0) is 9.59 Å². The van der Waals surface area contributed by atoms with Crippen LogP contribution in [0.4, 0.5) is 5.69 Å². The summed E-state index contributed by atoms with van der Waals surface area (Å²) in [4.78, 5) is 25.6. The minimum absolute atomic E-state index is 0.103. The van der Waals surface area contributed by atoms with E-state index in [0.29, 0.717) is 0 Å². The van der Waals surface area contributed by atoms with Crippen molar-refractivity contribution in [1.29, 1.82) is 0 Å². The van der Waals surface area contributed by atoms with E-state index in [2.05, 4.69) is 26.6 Å². The maximum Gasteiger partial charge on any atom is 0.246 e. The zero-order valence-electron chi connectivity index (χ0n) is 15.5. The van der Waals surface area contributed by atoms with E-state index in [-0.39, 0.29) is 17.2 Å². The largest absolute Gasteiger partial charge is 0.344 e. The van der Waals surface area contributed by atoms with Crippen LogP contribution in [0.2, 0.25) is 0 Å². The van der Waals surface area contributed by atoms with Crippen molar-refractivity contribution in [2.75, 3.05) is 5.32 Å². The van der Waals surface area contributed by atoms with Crippen molar-refractivity contribution in [2.45, 2.75) is 58.4 Å². The molecule has 1 unspecified atom stereocenters. The van der Waals surface area contributed by atoms with Gasteiger partial charge >= 0.3 is 0 Å². The number of hydrogen-bond acceptors (Lipinski definition) is 2. The SMILES string of the molecule is Cc1cc(NC(=O)C(C)NC(=O)C23CC4CC(CC(C4)C2)C3)ccc1Br. The second-order valence-corrected chi connectivity index (χ2v) is 9.70. The summed E-state index contributed by atoms with van der Waals surface area (Å²) in [5.41, 5.74) is 1.61. The zero-order chi connectivity index (χ0) is 18.5. The lowest BCUT2D eigenvalue weighted by molar-refractivity contribution is -0.147. The fourth-order valence-electron chi connectivity index (χ4n) is 5.78. The molecule has 2 amide bonds. The number of hydrogen-bond donors (Lipinski definition) is 2. The van der Waals surface area contributed by atoms with E-state index in [4.69, 9.17) is 0 Å². The van der Waals surface area contributed by atoms with E-state index in [9.17, 15) is 9.59 Å². The number of rotatable bonds is 4. The van der Waals surface area contributed by atoms with Gasteiger partial charge in [-0.05, 0) is 93.9 Å².